The van der Waals surface area contributed by atoms with Crippen molar-refractivity contribution >= 4 is 5.97 Å². The van der Waals surface area contributed by atoms with Gasteiger partial charge in [0.15, 0.2) is 5.79 Å². The van der Waals surface area contributed by atoms with Crippen LogP contribution in [0.25, 0.3) is 0 Å². The van der Waals surface area contributed by atoms with Gasteiger partial charge in [0, 0.05) is 18.8 Å². The summed E-state index contributed by atoms with van der Waals surface area (Å²) >= 11 is 0. The molecule has 6 heteroatoms. The fraction of sp³-hybridized carbons (Fsp3) is 0.917. The van der Waals surface area contributed by atoms with Crippen molar-refractivity contribution in [3.8, 4) is 0 Å². The second kappa shape index (κ2) is 5.09. The highest BCUT2D eigenvalue weighted by molar-refractivity contribution is 5.77. The van der Waals surface area contributed by atoms with Crippen molar-refractivity contribution in [1.82, 2.24) is 0 Å². The molecule has 2 fully saturated rings. The first-order chi connectivity index (χ1) is 8.50. The molecular formula is C12H18F2O4. The lowest BCUT2D eigenvalue weighted by atomic mass is 9.81. The molecule has 0 bridgehead atoms. The van der Waals surface area contributed by atoms with Gasteiger partial charge in [-0.2, -0.15) is 8.78 Å². The minimum atomic E-state index is -3.41. The Morgan fingerprint density at radius 1 is 1.33 bits per heavy atom. The van der Waals surface area contributed by atoms with Gasteiger partial charge in [0.05, 0.1) is 19.8 Å². The maximum absolute atomic E-state index is 13.8. The van der Waals surface area contributed by atoms with Gasteiger partial charge in [0.2, 0.25) is 0 Å². The number of hydrogen-bond acceptors (Lipinski definition) is 4. The van der Waals surface area contributed by atoms with E-state index in [2.05, 4.69) is 4.74 Å². The lowest BCUT2D eigenvalue weighted by Crippen LogP contribution is -2.44. The minimum Gasteiger partial charge on any atom is -0.462 e. The monoisotopic (exact) mass is 264 g/mol. The average molecular weight is 264 g/mol. The van der Waals surface area contributed by atoms with Crippen molar-refractivity contribution in [1.29, 1.82) is 0 Å². The summed E-state index contributed by atoms with van der Waals surface area (Å²) in [4.78, 5) is 11.2. The molecule has 1 aliphatic carbocycles. The molecule has 104 valence electrons. The Labute approximate surface area is 105 Å². The molecule has 0 amide bonds. The SMILES string of the molecule is CCOC(=O)C(F)(F)C1CCC2(CC1)OCCO2. The van der Waals surface area contributed by atoms with E-state index >= 15 is 0 Å². The average Bonchev–Trinajstić information content (AvgIpc) is 2.78. The summed E-state index contributed by atoms with van der Waals surface area (Å²) in [6.45, 7) is 2.51. The van der Waals surface area contributed by atoms with E-state index in [1.807, 2.05) is 0 Å². The molecule has 2 rings (SSSR count). The van der Waals surface area contributed by atoms with Crippen LogP contribution in [0.5, 0.6) is 0 Å². The summed E-state index contributed by atoms with van der Waals surface area (Å²) in [6, 6.07) is 0. The minimum absolute atomic E-state index is 0.0305. The third kappa shape index (κ3) is 2.49. The second-order valence-corrected chi connectivity index (χ2v) is 4.73. The van der Waals surface area contributed by atoms with Gasteiger partial charge in [-0.3, -0.25) is 0 Å². The maximum Gasteiger partial charge on any atom is 0.377 e. The van der Waals surface area contributed by atoms with E-state index in [1.165, 1.54) is 6.92 Å². The lowest BCUT2D eigenvalue weighted by molar-refractivity contribution is -0.208. The number of carbonyl (C=O) groups excluding carboxylic acids is 1. The molecule has 0 aromatic carbocycles. The lowest BCUT2D eigenvalue weighted by Gasteiger charge is -2.37. The second-order valence-electron chi connectivity index (χ2n) is 4.73. The van der Waals surface area contributed by atoms with Crippen LogP contribution >= 0.6 is 0 Å². The van der Waals surface area contributed by atoms with Crippen LogP contribution in [0.15, 0.2) is 0 Å². The van der Waals surface area contributed by atoms with Crippen molar-refractivity contribution in [3.05, 3.63) is 0 Å². The molecule has 2 aliphatic rings. The van der Waals surface area contributed by atoms with Crippen LogP contribution < -0.4 is 0 Å². The van der Waals surface area contributed by atoms with Crippen LogP contribution in [0.3, 0.4) is 0 Å². The summed E-state index contributed by atoms with van der Waals surface area (Å²) in [5.74, 6) is -6.48. The van der Waals surface area contributed by atoms with Gasteiger partial charge in [-0.15, -0.1) is 0 Å². The third-order valence-corrected chi connectivity index (χ3v) is 3.62. The Bertz CT molecular complexity index is 303. The first-order valence-corrected chi connectivity index (χ1v) is 6.33. The topological polar surface area (TPSA) is 44.8 Å². The van der Waals surface area contributed by atoms with Gasteiger partial charge in [0.1, 0.15) is 0 Å². The normalized spacial score (nSPS) is 24.4. The van der Waals surface area contributed by atoms with Gasteiger partial charge in [0.25, 0.3) is 0 Å². The highest BCUT2D eigenvalue weighted by atomic mass is 19.3. The van der Waals surface area contributed by atoms with E-state index < -0.39 is 23.6 Å². The van der Waals surface area contributed by atoms with Crippen LogP contribution in [0.4, 0.5) is 8.78 Å². The van der Waals surface area contributed by atoms with Gasteiger partial charge in [-0.05, 0) is 19.8 Å². The van der Waals surface area contributed by atoms with Gasteiger partial charge in [-0.1, -0.05) is 0 Å². The van der Waals surface area contributed by atoms with Gasteiger partial charge in [-0.25, -0.2) is 4.79 Å². The number of alkyl halides is 2. The number of halogens is 2. The van der Waals surface area contributed by atoms with Crippen molar-refractivity contribution in [3.63, 3.8) is 0 Å². The first kappa shape index (κ1) is 13.7. The highest BCUT2D eigenvalue weighted by Gasteiger charge is 2.52. The van der Waals surface area contributed by atoms with Crippen LogP contribution in [0, 0.1) is 5.92 Å². The summed E-state index contributed by atoms with van der Waals surface area (Å²) < 4.78 is 43.0. The summed E-state index contributed by atoms with van der Waals surface area (Å²) in [5, 5.41) is 0. The number of esters is 1. The zero-order valence-electron chi connectivity index (χ0n) is 10.4. The van der Waals surface area contributed by atoms with E-state index in [0.29, 0.717) is 26.1 Å². The first-order valence-electron chi connectivity index (χ1n) is 6.33. The smallest absolute Gasteiger partial charge is 0.377 e. The summed E-state index contributed by atoms with van der Waals surface area (Å²) in [7, 11) is 0. The van der Waals surface area contributed by atoms with E-state index in [4.69, 9.17) is 9.47 Å². The molecule has 0 aromatic heterocycles. The number of carbonyl (C=O) groups is 1. The van der Waals surface area contributed by atoms with Crippen molar-refractivity contribution in [2.24, 2.45) is 5.92 Å². The van der Waals surface area contributed by atoms with Crippen molar-refractivity contribution < 1.29 is 27.8 Å². The molecule has 1 aliphatic heterocycles. The zero-order valence-corrected chi connectivity index (χ0v) is 10.4. The van der Waals surface area contributed by atoms with Crippen LogP contribution in [0.2, 0.25) is 0 Å². The number of rotatable bonds is 3. The standard InChI is InChI=1S/C12H18F2O4/c1-2-16-10(15)12(13,14)9-3-5-11(6-4-9)17-7-8-18-11/h9H,2-8H2,1H3. The molecule has 0 atom stereocenters. The molecule has 1 saturated carbocycles. The molecule has 0 aromatic rings. The van der Waals surface area contributed by atoms with E-state index in [1.54, 1.807) is 0 Å². The summed E-state index contributed by atoms with van der Waals surface area (Å²) in [5.41, 5.74) is 0. The molecule has 4 nitrogen and oxygen atoms in total. The predicted octanol–water partition coefficient (Wildman–Crippen LogP) is 2.12. The highest BCUT2D eigenvalue weighted by Crippen LogP contribution is 2.44. The van der Waals surface area contributed by atoms with E-state index in [0.717, 1.165) is 0 Å². The number of ether oxygens (including phenoxy) is 3. The molecular weight excluding hydrogens is 246 g/mol. The Morgan fingerprint density at radius 3 is 2.39 bits per heavy atom. The quantitative estimate of drug-likeness (QED) is 0.732. The van der Waals surface area contributed by atoms with Crippen LogP contribution in [0.1, 0.15) is 32.6 Å². The Hall–Kier alpha value is -0.750. The predicted molar refractivity (Wildman–Crippen MR) is 58.2 cm³/mol. The Kier molecular flexibility index (Phi) is 3.87. The Balaban J connectivity index is 1.94. The summed E-state index contributed by atoms with van der Waals surface area (Å²) in [6.07, 6.45) is 1.25. The molecule has 0 radical (unpaired) electrons. The molecule has 1 heterocycles. The van der Waals surface area contributed by atoms with E-state index in [9.17, 15) is 13.6 Å². The fourth-order valence-corrected chi connectivity index (χ4v) is 2.60. The van der Waals surface area contributed by atoms with Crippen LogP contribution in [-0.4, -0.2) is 37.5 Å². The van der Waals surface area contributed by atoms with Gasteiger partial charge < -0.3 is 14.2 Å². The molecule has 0 N–H and O–H groups in total. The molecule has 18 heavy (non-hydrogen) atoms. The third-order valence-electron chi connectivity index (χ3n) is 3.62. The molecule has 1 spiro atoms. The largest absolute Gasteiger partial charge is 0.462 e. The van der Waals surface area contributed by atoms with E-state index in [-0.39, 0.29) is 19.4 Å². The number of hydrogen-bond donors (Lipinski definition) is 0. The maximum atomic E-state index is 13.8. The Morgan fingerprint density at radius 2 is 1.89 bits per heavy atom. The van der Waals surface area contributed by atoms with Crippen molar-refractivity contribution in [2.45, 2.75) is 44.3 Å². The fourth-order valence-electron chi connectivity index (χ4n) is 2.60. The molecule has 1 saturated heterocycles. The van der Waals surface area contributed by atoms with Crippen molar-refractivity contribution in [2.75, 3.05) is 19.8 Å². The van der Waals surface area contributed by atoms with Crippen LogP contribution in [-0.2, 0) is 19.0 Å². The van der Waals surface area contributed by atoms with Gasteiger partial charge >= 0.3 is 11.9 Å². The zero-order chi connectivity index (χ0) is 13.2. The molecule has 0 unspecified atom stereocenters.